The van der Waals surface area contributed by atoms with Crippen LogP contribution in [-0.4, -0.2) is 193 Å². The lowest BCUT2D eigenvalue weighted by Crippen LogP contribution is -2.66. The molecule has 3 fully saturated rings. The molecule has 19 nitrogen and oxygen atoms in total. The number of allylic oxidation sites excluding steroid dienone is 13. The molecule has 19 heteroatoms. The number of aliphatic hydroxyl groups excluding tert-OH is 11. The quantitative estimate of drug-likeness (QED) is 0.0199. The molecule has 3 saturated heterocycles. The van der Waals surface area contributed by atoms with Gasteiger partial charge in [-0.15, -0.1) is 0 Å². The largest absolute Gasteiger partial charge is 0.394 e. The van der Waals surface area contributed by atoms with Gasteiger partial charge in [-0.05, 0) is 77.0 Å². The molecule has 0 aromatic carbocycles. The van der Waals surface area contributed by atoms with Crippen LogP contribution in [0, 0.1) is 0 Å². The first kappa shape index (κ1) is 90.2. The van der Waals surface area contributed by atoms with E-state index >= 15 is 0 Å². The van der Waals surface area contributed by atoms with Crippen molar-refractivity contribution in [2.45, 2.75) is 388 Å². The van der Waals surface area contributed by atoms with Crippen molar-refractivity contribution in [2.75, 3.05) is 26.4 Å². The van der Waals surface area contributed by atoms with Crippen LogP contribution in [0.1, 0.15) is 284 Å². The molecule has 0 bridgehead atoms. The van der Waals surface area contributed by atoms with Gasteiger partial charge in [0.15, 0.2) is 18.9 Å². The van der Waals surface area contributed by atoms with Crippen LogP contribution in [-0.2, 0) is 33.2 Å². The maximum Gasteiger partial charge on any atom is 0.220 e. The molecule has 17 unspecified atom stereocenters. The van der Waals surface area contributed by atoms with Gasteiger partial charge in [-0.25, -0.2) is 0 Å². The van der Waals surface area contributed by atoms with Gasteiger partial charge in [-0.2, -0.15) is 0 Å². The van der Waals surface area contributed by atoms with Crippen molar-refractivity contribution in [3.63, 3.8) is 0 Å². The normalized spacial score (nSPS) is 27.1. The van der Waals surface area contributed by atoms with Crippen molar-refractivity contribution < 1.29 is 89.4 Å². The molecule has 1 amide bonds. The number of unbranched alkanes of at least 4 members (excludes halogenated alkanes) is 33. The summed E-state index contributed by atoms with van der Waals surface area (Å²) in [5.74, 6) is -0.292. The van der Waals surface area contributed by atoms with Crippen molar-refractivity contribution in [3.8, 4) is 0 Å². The molecule has 0 spiro atoms. The van der Waals surface area contributed by atoms with E-state index in [2.05, 4.69) is 92.1 Å². The van der Waals surface area contributed by atoms with E-state index < -0.39 is 124 Å². The highest BCUT2D eigenvalue weighted by molar-refractivity contribution is 5.76. The van der Waals surface area contributed by atoms with Gasteiger partial charge in [0.25, 0.3) is 0 Å². The topological polar surface area (TPSA) is 307 Å². The molecule has 3 aliphatic heterocycles. The molecule has 99 heavy (non-hydrogen) atoms. The van der Waals surface area contributed by atoms with Crippen LogP contribution < -0.4 is 5.32 Å². The zero-order valence-electron chi connectivity index (χ0n) is 61.2. The van der Waals surface area contributed by atoms with Gasteiger partial charge in [0.2, 0.25) is 5.91 Å². The minimum atomic E-state index is -1.99. The summed E-state index contributed by atoms with van der Waals surface area (Å²) in [6.07, 6.45) is 52.8. The molecule has 3 rings (SSSR count). The van der Waals surface area contributed by atoms with Crippen molar-refractivity contribution >= 4 is 5.91 Å². The number of amides is 1. The zero-order chi connectivity index (χ0) is 71.8. The van der Waals surface area contributed by atoms with E-state index in [1.165, 1.54) is 167 Å². The summed E-state index contributed by atoms with van der Waals surface area (Å²) in [6, 6.07) is -1.00. The number of hydrogen-bond acceptors (Lipinski definition) is 18. The van der Waals surface area contributed by atoms with E-state index in [1.807, 2.05) is 6.08 Å². The van der Waals surface area contributed by atoms with Gasteiger partial charge < -0.3 is 89.9 Å². The van der Waals surface area contributed by atoms with E-state index in [1.54, 1.807) is 6.08 Å². The van der Waals surface area contributed by atoms with Crippen LogP contribution in [0.5, 0.6) is 0 Å². The number of aliphatic hydroxyl groups is 11. The SMILES string of the molecule is CC/C=C\C/C=C\C/C=C\C/C=C\C/C=C\CCCCCCCCCCCC(=O)NC(COC1OC(CO)C(OC2OC(CO)C(OC3OC(CO)C(O)C(O)C3O)C(O)C2O)C(O)C1O)C(O)/C=C/CC/C=C/CCCCCCCCCCCCCCCCCCCCCCCCC. The molecule has 3 heterocycles. The molecular weight excluding hydrogens is 1260 g/mol. The standard InChI is InChI=1S/C80H141NO18/c1-3-5-7-9-11-13-15-17-19-21-23-25-27-29-30-31-32-34-35-37-39-41-43-45-47-49-51-53-55-57-64(85)63(81-68(86)58-56-54-52-50-48-46-44-42-40-38-36-33-28-26-24-22-20-18-16-14-12-10-8-6-4-2)62-94-78-74(92)71(89)76(66(60-83)96-78)99-80-75(93)72(90)77(67(61-84)97-80)98-79-73(91)70(88)69(87)65(59-82)95-79/h6,8,12,14,18,20,24,26,33,36,47,49,55,57,63-67,69-80,82-85,87-93H,3-5,7,9-11,13,15-17,19,21-23,25,27-32,34-35,37-46,48,50-54,56,58-62H2,1-2H3,(H,81,86)/b8-6-,14-12-,20-18-,26-24-,36-33-,49-47+,57-55+. The maximum absolute atomic E-state index is 13.5. The van der Waals surface area contributed by atoms with Gasteiger partial charge >= 0.3 is 0 Å². The third-order valence-corrected chi connectivity index (χ3v) is 19.2. The molecule has 0 aliphatic carbocycles. The predicted octanol–water partition coefficient (Wildman–Crippen LogP) is 12.6. The molecule has 3 aliphatic rings. The van der Waals surface area contributed by atoms with E-state index in [9.17, 15) is 61.0 Å². The second-order valence-electron chi connectivity index (χ2n) is 27.8. The Morgan fingerprint density at radius 3 is 1.13 bits per heavy atom. The van der Waals surface area contributed by atoms with Crippen LogP contribution in [0.4, 0.5) is 0 Å². The van der Waals surface area contributed by atoms with Crippen LogP contribution in [0.25, 0.3) is 0 Å². The highest BCUT2D eigenvalue weighted by Gasteiger charge is 2.53. The van der Waals surface area contributed by atoms with Crippen molar-refractivity contribution in [3.05, 3.63) is 85.1 Å². The Hall–Kier alpha value is -3.03. The summed E-state index contributed by atoms with van der Waals surface area (Å²) in [6.45, 7) is 1.62. The van der Waals surface area contributed by atoms with Crippen molar-refractivity contribution in [1.82, 2.24) is 5.32 Å². The number of ether oxygens (including phenoxy) is 6. The average molecular weight is 1400 g/mol. The van der Waals surface area contributed by atoms with Crippen LogP contribution in [0.2, 0.25) is 0 Å². The number of rotatable bonds is 61. The molecule has 0 aromatic heterocycles. The lowest BCUT2D eigenvalue weighted by molar-refractivity contribution is -0.379. The summed E-state index contributed by atoms with van der Waals surface area (Å²) in [4.78, 5) is 13.5. The Morgan fingerprint density at radius 2 is 0.707 bits per heavy atom. The number of carbonyl (C=O) groups is 1. The lowest BCUT2D eigenvalue weighted by Gasteiger charge is -2.48. The van der Waals surface area contributed by atoms with Crippen LogP contribution >= 0.6 is 0 Å². The van der Waals surface area contributed by atoms with Gasteiger partial charge in [-0.3, -0.25) is 4.79 Å². The molecule has 0 aromatic rings. The fourth-order valence-corrected chi connectivity index (χ4v) is 12.9. The van der Waals surface area contributed by atoms with Crippen molar-refractivity contribution in [1.29, 1.82) is 0 Å². The van der Waals surface area contributed by atoms with Crippen molar-refractivity contribution in [2.24, 2.45) is 0 Å². The second-order valence-corrected chi connectivity index (χ2v) is 27.8. The Morgan fingerprint density at radius 1 is 0.374 bits per heavy atom. The van der Waals surface area contributed by atoms with E-state index in [4.69, 9.17) is 28.4 Å². The van der Waals surface area contributed by atoms with E-state index in [0.717, 1.165) is 83.5 Å². The minimum Gasteiger partial charge on any atom is -0.394 e. The lowest BCUT2D eigenvalue weighted by atomic mass is 9.96. The summed E-state index contributed by atoms with van der Waals surface area (Å²) in [7, 11) is 0. The fourth-order valence-electron chi connectivity index (χ4n) is 12.9. The molecule has 0 radical (unpaired) electrons. The fraction of sp³-hybridized carbons (Fsp3) is 0.812. The number of nitrogens with one attached hydrogen (secondary N) is 1. The Balaban J connectivity index is 1.41. The highest BCUT2D eigenvalue weighted by Crippen LogP contribution is 2.33. The predicted molar refractivity (Wildman–Crippen MR) is 392 cm³/mol. The number of carbonyl (C=O) groups excluding carboxylic acids is 1. The molecule has 574 valence electrons. The molecule has 12 N–H and O–H groups in total. The highest BCUT2D eigenvalue weighted by atomic mass is 16.8. The minimum absolute atomic E-state index is 0.224. The Bertz CT molecular complexity index is 2120. The number of hydrogen-bond donors (Lipinski definition) is 12. The third kappa shape index (κ3) is 40.7. The van der Waals surface area contributed by atoms with Gasteiger partial charge in [-0.1, -0.05) is 285 Å². The van der Waals surface area contributed by atoms with E-state index in [0.29, 0.717) is 12.8 Å². The molecule has 0 saturated carbocycles. The summed E-state index contributed by atoms with van der Waals surface area (Å²) in [5.41, 5.74) is 0. The third-order valence-electron chi connectivity index (χ3n) is 19.2. The monoisotopic (exact) mass is 1400 g/mol. The Kier molecular flexibility index (Phi) is 54.9. The summed E-state index contributed by atoms with van der Waals surface area (Å²) < 4.78 is 34.4. The first-order valence-electron chi connectivity index (χ1n) is 39.3. The summed E-state index contributed by atoms with van der Waals surface area (Å²) >= 11 is 0. The van der Waals surface area contributed by atoms with Gasteiger partial charge in [0.05, 0.1) is 38.6 Å². The summed E-state index contributed by atoms with van der Waals surface area (Å²) in [5, 5.41) is 121. The zero-order valence-corrected chi connectivity index (χ0v) is 61.2. The average Bonchev–Trinajstić information content (AvgIpc) is 0.755. The second kappa shape index (κ2) is 60.3. The first-order chi connectivity index (χ1) is 48.3. The smallest absolute Gasteiger partial charge is 0.220 e. The van der Waals surface area contributed by atoms with Gasteiger partial charge in [0, 0.05) is 6.42 Å². The van der Waals surface area contributed by atoms with Crippen LogP contribution in [0.15, 0.2) is 85.1 Å². The van der Waals surface area contributed by atoms with Crippen LogP contribution in [0.3, 0.4) is 0 Å². The van der Waals surface area contributed by atoms with Gasteiger partial charge in [0.1, 0.15) is 73.2 Å². The molecule has 17 atom stereocenters. The maximum atomic E-state index is 13.5. The first-order valence-corrected chi connectivity index (χ1v) is 39.3. The van der Waals surface area contributed by atoms with E-state index in [-0.39, 0.29) is 18.9 Å². The Labute approximate surface area is 597 Å². The molecular formula is C80H141NO18.